The van der Waals surface area contributed by atoms with Crippen molar-refractivity contribution in [1.29, 1.82) is 0 Å². The van der Waals surface area contributed by atoms with Crippen molar-refractivity contribution in [1.82, 2.24) is 0 Å². The van der Waals surface area contributed by atoms with E-state index in [4.69, 9.17) is 4.74 Å². The van der Waals surface area contributed by atoms with E-state index in [1.165, 1.54) is 12.5 Å². The highest BCUT2D eigenvalue weighted by atomic mass is 19.4. The molecule has 0 saturated heterocycles. The number of rotatable bonds is 2. The molecule has 3 fully saturated rings. The Kier molecular flexibility index (Phi) is 4.79. The number of ether oxygens (including phenoxy) is 1. The average molecular weight is 426 g/mol. The lowest BCUT2D eigenvalue weighted by atomic mass is 9.46. The second-order valence-corrected chi connectivity index (χ2v) is 10.2. The number of allylic oxidation sites excluding steroid dienone is 1. The molecule has 4 nitrogen and oxygen atoms in total. The minimum absolute atomic E-state index is 0.0252. The Morgan fingerprint density at radius 1 is 1.03 bits per heavy atom. The van der Waals surface area contributed by atoms with Crippen LogP contribution in [0.4, 0.5) is 13.2 Å². The summed E-state index contributed by atoms with van der Waals surface area (Å²) in [5.74, 6) is -1.97. The summed E-state index contributed by atoms with van der Waals surface area (Å²) >= 11 is 0. The summed E-state index contributed by atoms with van der Waals surface area (Å²) in [5.41, 5.74) is -1.37. The Bertz CT molecular complexity index is 831. The molecule has 0 bridgehead atoms. The van der Waals surface area contributed by atoms with Gasteiger partial charge < -0.3 is 4.74 Å². The topological polar surface area (TPSA) is 60.4 Å². The number of alkyl halides is 3. The Labute approximate surface area is 174 Å². The third kappa shape index (κ3) is 2.83. The lowest BCUT2D eigenvalue weighted by Crippen LogP contribution is -2.59. The zero-order chi connectivity index (χ0) is 22.1. The number of hydrogen-bond acceptors (Lipinski definition) is 4. The van der Waals surface area contributed by atoms with Gasteiger partial charge in [0.15, 0.2) is 17.2 Å². The summed E-state index contributed by atoms with van der Waals surface area (Å²) in [6.07, 6.45) is 1.73. The number of halogens is 3. The highest BCUT2D eigenvalue weighted by Crippen LogP contribution is 2.68. The van der Waals surface area contributed by atoms with Crippen molar-refractivity contribution >= 4 is 17.5 Å². The molecule has 7 heteroatoms. The van der Waals surface area contributed by atoms with E-state index in [2.05, 4.69) is 6.92 Å². The fourth-order valence-electron chi connectivity index (χ4n) is 7.59. The maximum Gasteiger partial charge on any atom is 0.490 e. The van der Waals surface area contributed by atoms with Crippen LogP contribution in [0.3, 0.4) is 0 Å². The number of carbonyl (C=O) groups excluding carboxylic acids is 3. The minimum Gasteiger partial charge on any atom is -0.444 e. The molecule has 4 aliphatic rings. The van der Waals surface area contributed by atoms with Crippen LogP contribution in [0.2, 0.25) is 0 Å². The van der Waals surface area contributed by atoms with Crippen molar-refractivity contribution in [2.24, 2.45) is 28.6 Å². The van der Waals surface area contributed by atoms with Crippen molar-refractivity contribution < 1.29 is 32.3 Å². The lowest BCUT2D eigenvalue weighted by molar-refractivity contribution is -0.226. The van der Waals surface area contributed by atoms with Crippen LogP contribution >= 0.6 is 0 Å². The second kappa shape index (κ2) is 6.67. The fraction of sp³-hybridized carbons (Fsp3) is 0.783. The molecule has 4 aliphatic carbocycles. The SMILES string of the molecule is CC(=O)[C@@]1(OC(=O)C(F)(F)F)CC[C@H]2[C@@H]3CCC4=CC(=O)CC[C@]4(C)[C@H]3CC[C@@]21C. The minimum atomic E-state index is -5.12. The van der Waals surface area contributed by atoms with Gasteiger partial charge in [0, 0.05) is 11.8 Å². The molecule has 6 atom stereocenters. The number of hydrogen-bond donors (Lipinski definition) is 0. The standard InChI is InChI=1S/C23H29F3O4/c1-13(27)22(30-19(29)23(24,25)26)11-8-18-16-5-4-14-12-15(28)6-9-20(14,2)17(16)7-10-21(18,22)3/h12,16-18H,4-11H2,1-3H3/t16-,17+,18+,20+,21+,22+/m1/s1. The van der Waals surface area contributed by atoms with Gasteiger partial charge in [-0.2, -0.15) is 13.2 Å². The molecule has 0 aromatic carbocycles. The van der Waals surface area contributed by atoms with E-state index >= 15 is 0 Å². The third-order valence-electron chi connectivity index (χ3n) is 9.15. The number of esters is 1. The Morgan fingerprint density at radius 3 is 2.33 bits per heavy atom. The van der Waals surface area contributed by atoms with E-state index < -0.39 is 28.9 Å². The van der Waals surface area contributed by atoms with Gasteiger partial charge in [-0.25, -0.2) is 4.79 Å². The van der Waals surface area contributed by atoms with E-state index in [0.717, 1.165) is 25.7 Å². The van der Waals surface area contributed by atoms with Crippen LogP contribution in [0.25, 0.3) is 0 Å². The van der Waals surface area contributed by atoms with Gasteiger partial charge in [-0.3, -0.25) is 9.59 Å². The quantitative estimate of drug-likeness (QED) is 0.586. The van der Waals surface area contributed by atoms with Gasteiger partial charge in [0.05, 0.1) is 0 Å². The van der Waals surface area contributed by atoms with E-state index in [1.54, 1.807) is 0 Å². The molecule has 0 radical (unpaired) electrons. The normalized spacial score (nSPS) is 43.2. The van der Waals surface area contributed by atoms with Gasteiger partial charge in [0.2, 0.25) is 0 Å². The summed E-state index contributed by atoms with van der Waals surface area (Å²) in [7, 11) is 0. The van der Waals surface area contributed by atoms with E-state index in [0.29, 0.717) is 25.2 Å². The van der Waals surface area contributed by atoms with Gasteiger partial charge in [-0.1, -0.05) is 19.4 Å². The van der Waals surface area contributed by atoms with Crippen LogP contribution in [0, 0.1) is 28.6 Å². The second-order valence-electron chi connectivity index (χ2n) is 10.2. The third-order valence-corrected chi connectivity index (χ3v) is 9.15. The molecular formula is C23H29F3O4. The maximum atomic E-state index is 13.0. The van der Waals surface area contributed by atoms with Gasteiger partial charge >= 0.3 is 12.1 Å². The first-order valence-corrected chi connectivity index (χ1v) is 10.9. The van der Waals surface area contributed by atoms with Crippen LogP contribution in [-0.4, -0.2) is 29.3 Å². The molecule has 0 amide bonds. The number of Topliss-reactive ketones (excluding diaryl/α,β-unsaturated/α-hetero) is 1. The summed E-state index contributed by atoms with van der Waals surface area (Å²) in [4.78, 5) is 36.4. The first-order chi connectivity index (χ1) is 13.8. The molecule has 3 saturated carbocycles. The largest absolute Gasteiger partial charge is 0.490 e. The van der Waals surface area contributed by atoms with Crippen molar-refractivity contribution in [3.8, 4) is 0 Å². The van der Waals surface area contributed by atoms with Crippen LogP contribution in [0.5, 0.6) is 0 Å². The molecule has 0 heterocycles. The van der Waals surface area contributed by atoms with Crippen LogP contribution in [-0.2, 0) is 19.1 Å². The van der Waals surface area contributed by atoms with E-state index in [1.807, 2.05) is 13.0 Å². The molecule has 166 valence electrons. The summed E-state index contributed by atoms with van der Waals surface area (Å²) in [6, 6.07) is 0. The fourth-order valence-corrected chi connectivity index (χ4v) is 7.59. The molecule has 0 spiro atoms. The number of fused-ring (bicyclic) bond motifs is 5. The first kappa shape index (κ1) is 21.6. The average Bonchev–Trinajstić information content (AvgIpc) is 2.95. The van der Waals surface area contributed by atoms with Gasteiger partial charge in [0.25, 0.3) is 0 Å². The predicted molar refractivity (Wildman–Crippen MR) is 102 cm³/mol. The molecule has 0 aromatic heterocycles. The summed E-state index contributed by atoms with van der Waals surface area (Å²) in [5, 5.41) is 0. The molecule has 0 aliphatic heterocycles. The van der Waals surface area contributed by atoms with Crippen LogP contribution in [0.15, 0.2) is 11.6 Å². The first-order valence-electron chi connectivity index (χ1n) is 10.9. The van der Waals surface area contributed by atoms with Crippen molar-refractivity contribution in [2.45, 2.75) is 83.9 Å². The highest BCUT2D eigenvalue weighted by Gasteiger charge is 2.68. The number of ketones is 2. The monoisotopic (exact) mass is 426 g/mol. The Hall–Kier alpha value is -1.66. The summed E-state index contributed by atoms with van der Waals surface area (Å²) < 4.78 is 44.1. The van der Waals surface area contributed by atoms with Crippen molar-refractivity contribution in [3.63, 3.8) is 0 Å². The van der Waals surface area contributed by atoms with Gasteiger partial charge in [0.1, 0.15) is 0 Å². The van der Waals surface area contributed by atoms with Gasteiger partial charge in [-0.05, 0) is 81.1 Å². The van der Waals surface area contributed by atoms with Gasteiger partial charge in [-0.15, -0.1) is 0 Å². The smallest absolute Gasteiger partial charge is 0.444 e. The predicted octanol–water partition coefficient (Wildman–Crippen LogP) is 4.95. The number of carbonyl (C=O) groups is 3. The highest BCUT2D eigenvalue weighted by molar-refractivity contribution is 5.92. The van der Waals surface area contributed by atoms with Crippen LogP contribution < -0.4 is 0 Å². The molecule has 0 unspecified atom stereocenters. The zero-order valence-corrected chi connectivity index (χ0v) is 17.7. The van der Waals surface area contributed by atoms with Crippen molar-refractivity contribution in [3.05, 3.63) is 11.6 Å². The molecule has 4 rings (SSSR count). The maximum absolute atomic E-state index is 13.0. The van der Waals surface area contributed by atoms with E-state index in [9.17, 15) is 27.6 Å². The zero-order valence-electron chi connectivity index (χ0n) is 17.7. The summed E-state index contributed by atoms with van der Waals surface area (Å²) in [6.45, 7) is 5.32. The van der Waals surface area contributed by atoms with Crippen LogP contribution in [0.1, 0.15) is 72.1 Å². The molecule has 0 N–H and O–H groups in total. The Morgan fingerprint density at radius 2 is 1.70 bits per heavy atom. The molecule has 0 aromatic rings. The van der Waals surface area contributed by atoms with Crippen molar-refractivity contribution in [2.75, 3.05) is 0 Å². The molecular weight excluding hydrogens is 397 g/mol. The van der Waals surface area contributed by atoms with E-state index in [-0.39, 0.29) is 29.5 Å². The molecule has 30 heavy (non-hydrogen) atoms. The lowest BCUT2D eigenvalue weighted by Gasteiger charge is -2.59. The Balaban J connectivity index is 1.68.